The van der Waals surface area contributed by atoms with Gasteiger partial charge in [0.1, 0.15) is 6.08 Å². The lowest BCUT2D eigenvalue weighted by atomic mass is 10.1. The molecule has 0 aliphatic carbocycles. The summed E-state index contributed by atoms with van der Waals surface area (Å²) in [5.74, 6) is 0. The zero-order valence-corrected chi connectivity index (χ0v) is 10.6. The van der Waals surface area contributed by atoms with Crippen molar-refractivity contribution in [3.8, 4) is 0 Å². The molecule has 1 heterocycles. The van der Waals surface area contributed by atoms with Crippen molar-refractivity contribution < 1.29 is 18.4 Å². The smallest absolute Gasteiger partial charge is 0.124 e. The third-order valence-corrected chi connectivity index (χ3v) is 2.32. The highest BCUT2D eigenvalue weighted by Crippen LogP contribution is 2.25. The second-order valence-electron chi connectivity index (χ2n) is 3.78. The molecule has 0 radical (unpaired) electrons. The van der Waals surface area contributed by atoms with Gasteiger partial charge in [0.05, 0.1) is 19.1 Å². The fraction of sp³-hybridized carbons (Fsp3) is 0.400. The first-order chi connectivity index (χ1) is 13.1. The number of hydrogen-bond acceptors (Lipinski definition) is 3. The average molecular weight is 269 g/mol. The SMILES string of the molecule is [2H]c1nn(C)c(C([2H])(OC([2H])([2H])C([2H])([2H])N(C)C([2H])([2H])[2H])c2ccccc2)c1[2H]. The standard InChI is InChI=1S/C15H21N3O/c1-17(2)11-12-19-15(13-7-5-4-6-8-13)14-9-10-16-18(14)3/h4-10,15H,11-12H2,1-3H3/i1D3,9D,10D,11D2,12D2,15D. The van der Waals surface area contributed by atoms with Crippen molar-refractivity contribution in [1.29, 1.82) is 0 Å². The van der Waals surface area contributed by atoms with Gasteiger partial charge >= 0.3 is 0 Å². The maximum absolute atomic E-state index is 8.88. The molecular weight excluding hydrogens is 238 g/mol. The average Bonchev–Trinajstić information content (AvgIpc) is 2.86. The minimum Gasteiger partial charge on any atom is -0.366 e. The summed E-state index contributed by atoms with van der Waals surface area (Å²) in [4.78, 5) is 0.201. The maximum atomic E-state index is 8.88. The van der Waals surface area contributed by atoms with Crippen LogP contribution in [0.4, 0.5) is 0 Å². The Balaban J connectivity index is 2.66. The molecule has 1 aromatic heterocycles. The lowest BCUT2D eigenvalue weighted by Gasteiger charge is -2.20. The van der Waals surface area contributed by atoms with Gasteiger partial charge in [0.15, 0.2) is 0 Å². The van der Waals surface area contributed by atoms with Crippen molar-refractivity contribution in [2.24, 2.45) is 7.05 Å². The Hall–Kier alpha value is -1.65. The van der Waals surface area contributed by atoms with E-state index in [1.807, 2.05) is 0 Å². The second-order valence-corrected chi connectivity index (χ2v) is 3.78. The molecule has 1 atom stereocenters. The van der Waals surface area contributed by atoms with Gasteiger partial charge in [0.2, 0.25) is 0 Å². The number of aromatic nitrogens is 2. The summed E-state index contributed by atoms with van der Waals surface area (Å²) in [5, 5.41) is 3.75. The summed E-state index contributed by atoms with van der Waals surface area (Å²) in [6.07, 6.45) is -2.96. The van der Waals surface area contributed by atoms with E-state index in [1.54, 1.807) is 18.2 Å². The summed E-state index contributed by atoms with van der Waals surface area (Å²) in [6.45, 7) is -9.46. The Labute approximate surface area is 128 Å². The van der Waals surface area contributed by atoms with Crippen molar-refractivity contribution in [2.45, 2.75) is 6.08 Å². The van der Waals surface area contributed by atoms with Gasteiger partial charge in [-0.05, 0) is 25.6 Å². The lowest BCUT2D eigenvalue weighted by Crippen LogP contribution is -2.20. The van der Waals surface area contributed by atoms with Crippen LogP contribution in [0.25, 0.3) is 0 Å². The second kappa shape index (κ2) is 6.50. The third kappa shape index (κ3) is 3.66. The van der Waals surface area contributed by atoms with Crippen molar-refractivity contribution in [1.82, 2.24) is 14.7 Å². The zero-order chi connectivity index (χ0) is 22.4. The molecule has 0 N–H and O–H groups in total. The van der Waals surface area contributed by atoms with Crippen LogP contribution in [0.5, 0.6) is 0 Å². The first-order valence-corrected chi connectivity index (χ1v) is 5.56. The molecule has 0 aliphatic rings. The van der Waals surface area contributed by atoms with E-state index in [1.165, 1.54) is 19.2 Å². The van der Waals surface area contributed by atoms with E-state index in [9.17, 15) is 0 Å². The Morgan fingerprint density at radius 3 is 3.00 bits per heavy atom. The fourth-order valence-corrected chi connectivity index (χ4v) is 1.46. The molecule has 0 fully saturated rings. The van der Waals surface area contributed by atoms with E-state index >= 15 is 0 Å². The van der Waals surface area contributed by atoms with Gasteiger partial charge in [-0.2, -0.15) is 5.10 Å². The third-order valence-electron chi connectivity index (χ3n) is 2.32. The minimum atomic E-state index is -3.31. The predicted octanol–water partition coefficient (Wildman–Crippen LogP) is 2.09. The van der Waals surface area contributed by atoms with Crippen LogP contribution in [-0.4, -0.2) is 41.8 Å². The summed E-state index contributed by atoms with van der Waals surface area (Å²) >= 11 is 0. The molecule has 0 spiro atoms. The highest BCUT2D eigenvalue weighted by atomic mass is 16.5. The minimum absolute atomic E-state index is 0.0488. The topological polar surface area (TPSA) is 30.3 Å². The summed E-state index contributed by atoms with van der Waals surface area (Å²) in [6, 6.07) is 7.07. The normalized spacial score (nSPS) is 24.4. The molecular formula is C15H21N3O. The Morgan fingerprint density at radius 2 is 2.37 bits per heavy atom. The predicted molar refractivity (Wildman–Crippen MR) is 76.0 cm³/mol. The van der Waals surface area contributed by atoms with Crippen molar-refractivity contribution in [2.75, 3.05) is 27.1 Å². The number of likely N-dealkylation sites (N-methyl/N-ethyl adjacent to an activating group) is 1. The van der Waals surface area contributed by atoms with Crippen LogP contribution in [0.2, 0.25) is 0 Å². The number of nitrogens with zero attached hydrogens (tertiary/aromatic N) is 3. The van der Waals surface area contributed by atoms with Crippen LogP contribution in [-0.2, 0) is 11.8 Å². The molecule has 2 aromatic rings. The highest BCUT2D eigenvalue weighted by molar-refractivity contribution is 5.25. The monoisotopic (exact) mass is 269 g/mol. The van der Waals surface area contributed by atoms with Crippen molar-refractivity contribution >= 4 is 0 Å². The van der Waals surface area contributed by atoms with Gasteiger partial charge < -0.3 is 9.64 Å². The molecule has 4 heteroatoms. The Bertz CT molecular complexity index is 867. The fourth-order valence-electron chi connectivity index (χ4n) is 1.46. The van der Waals surface area contributed by atoms with Crippen LogP contribution in [0.1, 0.15) is 31.0 Å². The molecule has 102 valence electrons. The Kier molecular flexibility index (Phi) is 1.97. The molecule has 2 rings (SSSR count). The molecule has 0 amide bonds. The van der Waals surface area contributed by atoms with E-state index < -0.39 is 38.3 Å². The number of benzene rings is 1. The van der Waals surface area contributed by atoms with E-state index in [2.05, 4.69) is 5.10 Å². The van der Waals surface area contributed by atoms with Crippen molar-refractivity contribution in [3.05, 3.63) is 53.8 Å². The number of aryl methyl sites for hydroxylation is 1. The molecule has 19 heavy (non-hydrogen) atoms. The zero-order valence-electron chi connectivity index (χ0n) is 20.6. The van der Waals surface area contributed by atoms with Crippen molar-refractivity contribution in [3.63, 3.8) is 0 Å². The van der Waals surface area contributed by atoms with Gasteiger partial charge in [-0.3, -0.25) is 4.68 Å². The largest absolute Gasteiger partial charge is 0.366 e. The molecule has 0 saturated heterocycles. The molecule has 0 saturated carbocycles. The van der Waals surface area contributed by atoms with E-state index in [4.69, 9.17) is 18.4 Å². The summed E-state index contributed by atoms with van der Waals surface area (Å²) < 4.78 is 85.6. The highest BCUT2D eigenvalue weighted by Gasteiger charge is 2.17. The molecule has 4 nitrogen and oxygen atoms in total. The number of rotatable bonds is 6. The van der Waals surface area contributed by atoms with Gasteiger partial charge in [0, 0.05) is 26.6 Å². The number of hydrogen-bond donors (Lipinski definition) is 0. The maximum Gasteiger partial charge on any atom is 0.124 e. The van der Waals surface area contributed by atoms with E-state index in [0.29, 0.717) is 0 Å². The van der Waals surface area contributed by atoms with Crippen LogP contribution >= 0.6 is 0 Å². The van der Waals surface area contributed by atoms with Gasteiger partial charge in [0.25, 0.3) is 0 Å². The van der Waals surface area contributed by atoms with E-state index in [0.717, 1.165) is 11.7 Å². The summed E-state index contributed by atoms with van der Waals surface area (Å²) in [5.41, 5.74) is -0.252. The van der Waals surface area contributed by atoms with Crippen LogP contribution in [0.3, 0.4) is 0 Å². The molecule has 1 unspecified atom stereocenters. The first kappa shape index (κ1) is 5.77. The number of ether oxygens (including phenoxy) is 1. The van der Waals surface area contributed by atoms with Crippen LogP contribution < -0.4 is 0 Å². The van der Waals surface area contributed by atoms with Crippen LogP contribution in [0.15, 0.2) is 42.5 Å². The lowest BCUT2D eigenvalue weighted by molar-refractivity contribution is 0.0638. The van der Waals surface area contributed by atoms with Crippen LogP contribution in [0, 0.1) is 0 Å². The molecule has 1 aromatic carbocycles. The van der Waals surface area contributed by atoms with Gasteiger partial charge in [-0.25, -0.2) is 0 Å². The quantitative estimate of drug-likeness (QED) is 0.804. The first-order valence-electron chi connectivity index (χ1n) is 10.6. The molecule has 0 aliphatic heterocycles. The van der Waals surface area contributed by atoms with Gasteiger partial charge in [-0.15, -0.1) is 0 Å². The van der Waals surface area contributed by atoms with E-state index in [-0.39, 0.29) is 16.2 Å². The molecule has 0 bridgehead atoms. The summed E-state index contributed by atoms with van der Waals surface area (Å²) in [7, 11) is 2.23. The van der Waals surface area contributed by atoms with Gasteiger partial charge in [-0.1, -0.05) is 30.3 Å². The Morgan fingerprint density at radius 1 is 1.58 bits per heavy atom.